The van der Waals surface area contributed by atoms with Crippen LogP contribution in [0.5, 0.6) is 5.75 Å². The fourth-order valence-corrected chi connectivity index (χ4v) is 23.6. The predicted octanol–water partition coefficient (Wildman–Crippen LogP) is 19.8. The summed E-state index contributed by atoms with van der Waals surface area (Å²) in [6, 6.07) is 117. The van der Waals surface area contributed by atoms with Crippen molar-refractivity contribution < 1.29 is 109 Å². The highest BCUT2D eigenvalue weighted by molar-refractivity contribution is 6.99. The molecule has 4 heterocycles. The van der Waals surface area contributed by atoms with Crippen LogP contribution in [0.25, 0.3) is 0 Å². The lowest BCUT2D eigenvalue weighted by molar-refractivity contribution is -0.403. The zero-order valence-corrected chi connectivity index (χ0v) is 83.5. The Morgan fingerprint density at radius 1 is 0.301 bits per heavy atom. The van der Waals surface area contributed by atoms with Crippen LogP contribution in [0.2, 0.25) is 5.04 Å². The zero-order valence-electron chi connectivity index (χ0n) is 82.5. The monoisotopic (exact) mass is 1960 g/mol. The number of ether oxygens (including phenoxy) is 20. The van der Waals surface area contributed by atoms with Crippen LogP contribution in [0.1, 0.15) is 121 Å². The van der Waals surface area contributed by atoms with E-state index in [0.717, 1.165) is 60.4 Å². The number of carbonyl (C=O) groups is 2. The molecule has 0 aliphatic carbocycles. The molecule has 20 atom stereocenters. The first-order valence-corrected chi connectivity index (χ1v) is 51.7. The topological polar surface area (TPSA) is 228 Å². The molecule has 24 heteroatoms. The molecule has 4 fully saturated rings. The van der Waals surface area contributed by atoms with E-state index < -0.39 is 142 Å². The normalized spacial score (nSPS) is 24.6. The molecule has 4 aliphatic rings. The van der Waals surface area contributed by atoms with Crippen molar-refractivity contribution in [2.75, 3.05) is 40.6 Å². The number of methoxy groups -OCH3 is 2. The Morgan fingerprint density at radius 2 is 0.629 bits per heavy atom. The van der Waals surface area contributed by atoms with Crippen molar-refractivity contribution in [2.45, 2.75) is 242 Å². The van der Waals surface area contributed by atoms with Crippen molar-refractivity contribution in [3.05, 3.63) is 414 Å². The molecule has 0 radical (unpaired) electrons. The average molecular weight is 1960 g/mol. The van der Waals surface area contributed by atoms with Crippen LogP contribution in [-0.4, -0.2) is 178 Å². The summed E-state index contributed by atoms with van der Waals surface area (Å²) >= 11 is 0. The highest BCUT2D eigenvalue weighted by atomic mass is 28.4. The summed E-state index contributed by atoms with van der Waals surface area (Å²) in [5, 5.41) is 1.27. The number of esters is 2. The fraction of sp³-hybridized carbons (Fsp3) is 0.378. The van der Waals surface area contributed by atoms with Gasteiger partial charge in [0, 0.05) is 18.9 Å². The molecule has 4 aliphatic heterocycles. The third-order valence-electron chi connectivity index (χ3n) is 26.5. The van der Waals surface area contributed by atoms with Crippen molar-refractivity contribution >= 4 is 30.6 Å². The van der Waals surface area contributed by atoms with E-state index in [9.17, 15) is 4.79 Å². The molecule has 4 saturated heterocycles. The second kappa shape index (κ2) is 53.6. The van der Waals surface area contributed by atoms with E-state index in [0.29, 0.717) is 25.0 Å². The molecule has 23 nitrogen and oxygen atoms in total. The van der Waals surface area contributed by atoms with Gasteiger partial charge in [-0.1, -0.05) is 368 Å². The van der Waals surface area contributed by atoms with Gasteiger partial charge in [-0.2, -0.15) is 0 Å². The Morgan fingerprint density at radius 3 is 1.05 bits per heavy atom. The lowest BCUT2D eigenvalue weighted by Crippen LogP contribution is -2.71. The summed E-state index contributed by atoms with van der Waals surface area (Å²) in [5.74, 6) is -1.04. The average Bonchev–Trinajstić information content (AvgIpc) is 0.740. The van der Waals surface area contributed by atoms with Gasteiger partial charge in [-0.15, -0.1) is 0 Å². The quantitative estimate of drug-likeness (QED) is 0.0196. The van der Waals surface area contributed by atoms with Gasteiger partial charge in [0.1, 0.15) is 79.0 Å². The summed E-state index contributed by atoms with van der Waals surface area (Å²) < 4.78 is 156. The second-order valence-electron chi connectivity index (χ2n) is 37.7. The number of benzene rings is 12. The first-order chi connectivity index (χ1) is 70.1. The molecule has 143 heavy (non-hydrogen) atoms. The zero-order chi connectivity index (χ0) is 98.8. The van der Waals surface area contributed by atoms with E-state index in [1.165, 1.54) is 7.11 Å². The maximum atomic E-state index is 16.6. The molecule has 0 spiro atoms. The number of unbranched alkanes of at least 4 members (excludes halogenated alkanes) is 2. The minimum Gasteiger partial charge on any atom is -0.497 e. The molecule has 12 aromatic carbocycles. The smallest absolute Gasteiger partial charge is 0.338 e. The molecule has 0 bridgehead atoms. The van der Waals surface area contributed by atoms with Crippen molar-refractivity contribution in [1.82, 2.24) is 0 Å². The van der Waals surface area contributed by atoms with E-state index in [1.54, 1.807) is 31.4 Å². The fourth-order valence-electron chi connectivity index (χ4n) is 19.0. The van der Waals surface area contributed by atoms with Gasteiger partial charge in [0.05, 0.1) is 111 Å². The summed E-state index contributed by atoms with van der Waals surface area (Å²) in [4.78, 5) is 29.0. The lowest BCUT2D eigenvalue weighted by atomic mass is 9.91. The van der Waals surface area contributed by atoms with Crippen LogP contribution in [-0.2, 0) is 159 Å². The van der Waals surface area contributed by atoms with E-state index in [-0.39, 0.29) is 104 Å². The van der Waals surface area contributed by atoms with Gasteiger partial charge in [0.25, 0.3) is 8.32 Å². The summed E-state index contributed by atoms with van der Waals surface area (Å²) in [6.45, 7) is 11.3. The molecule has 752 valence electrons. The summed E-state index contributed by atoms with van der Waals surface area (Å²) in [5.41, 5.74) is 8.01. The van der Waals surface area contributed by atoms with Gasteiger partial charge < -0.3 is 99.2 Å². The molecule has 0 saturated carbocycles. The lowest BCUT2D eigenvalue weighted by Gasteiger charge is -2.53. The number of hydrogen-bond donors (Lipinski definition) is 0. The van der Waals surface area contributed by atoms with Gasteiger partial charge in [-0.3, -0.25) is 4.79 Å². The van der Waals surface area contributed by atoms with E-state index in [4.69, 9.17) is 99.2 Å². The Labute approximate surface area is 841 Å². The van der Waals surface area contributed by atoms with Crippen molar-refractivity contribution in [2.24, 2.45) is 5.92 Å². The van der Waals surface area contributed by atoms with Gasteiger partial charge in [-0.05, 0) is 110 Å². The van der Waals surface area contributed by atoms with Crippen LogP contribution < -0.4 is 15.1 Å². The third kappa shape index (κ3) is 29.0. The van der Waals surface area contributed by atoms with Crippen molar-refractivity contribution in [1.29, 1.82) is 0 Å². The maximum Gasteiger partial charge on any atom is 0.338 e. The SMILES string of the molecule is COC(=O)CCCCCOC1OC(COCc2ccc(OC)cc2)C(OC2OC(CO[Si](c3ccccc3)(c3ccccc3)C(C)(C)C)C(OC3OC(C)C(OCc4ccccc4)C(OCc4ccccc4)C3OCc3ccccc3)C(OC3OC(COCc4ccccc4)C(OCc4ccccc4)C(OCc4ccccc4)C3OCc3ccccc3)C2OC(=O)c2ccccc2)C(OCc2ccccc2)C1C. The molecule has 12 aromatic rings. The highest BCUT2D eigenvalue weighted by Gasteiger charge is 2.61. The van der Waals surface area contributed by atoms with E-state index in [1.807, 2.05) is 323 Å². The van der Waals surface area contributed by atoms with Gasteiger partial charge in [-0.25, -0.2) is 4.79 Å². The van der Waals surface area contributed by atoms with Crippen LogP contribution in [0, 0.1) is 5.92 Å². The Balaban J connectivity index is 0.923. The van der Waals surface area contributed by atoms with Gasteiger partial charge in [0.2, 0.25) is 0 Å². The van der Waals surface area contributed by atoms with Gasteiger partial charge >= 0.3 is 11.9 Å². The molecule has 0 N–H and O–H groups in total. The molecule has 0 amide bonds. The van der Waals surface area contributed by atoms with Crippen molar-refractivity contribution in [3.63, 3.8) is 0 Å². The molecule has 0 aromatic heterocycles. The van der Waals surface area contributed by atoms with Crippen LogP contribution in [0.4, 0.5) is 0 Å². The Hall–Kier alpha value is -11.1. The molecular weight excluding hydrogens is 1830 g/mol. The first kappa shape index (κ1) is 105. The van der Waals surface area contributed by atoms with Crippen LogP contribution in [0.15, 0.2) is 358 Å². The second-order valence-corrected chi connectivity index (χ2v) is 42.0. The predicted molar refractivity (Wildman–Crippen MR) is 544 cm³/mol. The van der Waals surface area contributed by atoms with Crippen LogP contribution in [0.3, 0.4) is 0 Å². The Kier molecular flexibility index (Phi) is 39.3. The highest BCUT2D eigenvalue weighted by Crippen LogP contribution is 2.45. The number of hydrogen-bond acceptors (Lipinski definition) is 23. The number of rotatable bonds is 50. The van der Waals surface area contributed by atoms with E-state index in [2.05, 4.69) is 45.0 Å². The van der Waals surface area contributed by atoms with Gasteiger partial charge in [0.15, 0.2) is 31.3 Å². The third-order valence-corrected chi connectivity index (χ3v) is 31.5. The summed E-state index contributed by atoms with van der Waals surface area (Å²) in [6.07, 6.45) is -21.4. The first-order valence-electron chi connectivity index (χ1n) is 49.8. The van der Waals surface area contributed by atoms with Crippen molar-refractivity contribution in [3.8, 4) is 5.75 Å². The minimum absolute atomic E-state index is 0.000301. The molecule has 20 unspecified atom stereocenters. The standard InChI is InChI=1S/C119H134O23Si/c1-84-103(127-74-87-46-22-9-23-47-87)106(100(82-125-73-94-67-69-96(122-6)70-68-94)136-115(84)126-71-43-19-42-66-102(120)123-7)140-118-113(139-114(121)95-60-36-16-37-61-95)110(142-117-112(133-80-93-58-34-15-35-59-93)109(131-78-91-54-30-13-31-55-91)105(129-76-89-50-26-11-27-51-89)99(137-117)81-124-72-86-44-20-8-21-45-86)107(101(138-118)83-134-143(119(3,4)5,97-62-38-17-39-63-97)98-64-40-18-41-65-98)141-116-111(132-79-92-56-32-14-33-57-92)108(130-77-90-52-28-12-29-53-90)104(85(2)135-116)128-75-88-48-24-10-25-49-88/h8-18,20-41,44-65,67-70,84-85,99-101,103-113,115-118H,19,42-43,66,71-83H2,1-7H3. The maximum absolute atomic E-state index is 16.6. The largest absolute Gasteiger partial charge is 0.497 e. The molecular formula is C119H134O23Si. The Bertz CT molecular complexity index is 5610. The van der Waals surface area contributed by atoms with Crippen LogP contribution >= 0.6 is 0 Å². The minimum atomic E-state index is -3.73. The number of carbonyl (C=O) groups excluding carboxylic acids is 2. The molecule has 16 rings (SSSR count). The summed E-state index contributed by atoms with van der Waals surface area (Å²) in [7, 11) is -0.712. The van der Waals surface area contributed by atoms with E-state index >= 15 is 4.79 Å².